The van der Waals surface area contributed by atoms with Gasteiger partial charge >= 0.3 is 5.97 Å². The molecule has 15 heavy (non-hydrogen) atoms. The molecule has 0 aromatic carbocycles. The molecule has 0 N–H and O–H groups in total. The van der Waals surface area contributed by atoms with Gasteiger partial charge in [0.25, 0.3) is 0 Å². The fourth-order valence-corrected chi connectivity index (χ4v) is 1.77. The molecule has 0 saturated carbocycles. The van der Waals surface area contributed by atoms with E-state index in [4.69, 9.17) is 11.6 Å². The molecule has 0 aliphatic carbocycles. The van der Waals surface area contributed by atoms with E-state index >= 15 is 0 Å². The first-order valence-corrected chi connectivity index (χ1v) is 4.70. The fraction of sp³-hybridized carbons (Fsp3) is 0.200. The van der Waals surface area contributed by atoms with Gasteiger partial charge in [-0.25, -0.2) is 9.78 Å². The van der Waals surface area contributed by atoms with Gasteiger partial charge in [-0.05, 0) is 6.07 Å². The van der Waals surface area contributed by atoms with Crippen molar-refractivity contribution in [1.82, 2.24) is 9.55 Å². The average molecular weight is 225 g/mol. The normalized spacial score (nSPS) is 10.6. The van der Waals surface area contributed by atoms with E-state index in [0.717, 1.165) is 0 Å². The number of methoxy groups -OCH3 is 1. The van der Waals surface area contributed by atoms with Gasteiger partial charge in [-0.15, -0.1) is 0 Å². The first kappa shape index (κ1) is 9.98. The number of hydrogen-bond acceptors (Lipinski definition) is 3. The minimum absolute atomic E-state index is 0.407. The summed E-state index contributed by atoms with van der Waals surface area (Å²) < 4.78 is 6.42. The maximum absolute atomic E-state index is 11.5. The molecule has 0 amide bonds. The average Bonchev–Trinajstić information content (AvgIpc) is 2.57. The third-order valence-corrected chi connectivity index (χ3v) is 2.53. The van der Waals surface area contributed by atoms with Crippen LogP contribution in [-0.4, -0.2) is 22.6 Å². The van der Waals surface area contributed by atoms with Crippen LogP contribution in [-0.2, 0) is 11.8 Å². The molecule has 0 unspecified atom stereocenters. The third kappa shape index (κ3) is 1.47. The summed E-state index contributed by atoms with van der Waals surface area (Å²) in [6, 6.07) is 1.65. The zero-order chi connectivity index (χ0) is 11.0. The lowest BCUT2D eigenvalue weighted by molar-refractivity contribution is 0.0603. The highest BCUT2D eigenvalue weighted by molar-refractivity contribution is 6.36. The third-order valence-electron chi connectivity index (χ3n) is 2.21. The molecule has 5 heteroatoms. The minimum atomic E-state index is -0.407. The summed E-state index contributed by atoms with van der Waals surface area (Å²) in [5.74, 6) is -0.407. The number of fused-ring (bicyclic) bond motifs is 1. The SMILES string of the molecule is COC(=O)c1cn(C)c2nccc(Cl)c12. The van der Waals surface area contributed by atoms with Gasteiger partial charge in [0, 0.05) is 19.4 Å². The van der Waals surface area contributed by atoms with Crippen LogP contribution < -0.4 is 0 Å². The summed E-state index contributed by atoms with van der Waals surface area (Å²) in [5.41, 5.74) is 1.11. The number of aryl methyl sites for hydroxylation is 1. The lowest BCUT2D eigenvalue weighted by atomic mass is 10.2. The number of hydrogen-bond donors (Lipinski definition) is 0. The van der Waals surface area contributed by atoms with Crippen molar-refractivity contribution in [3.05, 3.63) is 29.0 Å². The van der Waals surface area contributed by atoms with Crippen LogP contribution in [0.4, 0.5) is 0 Å². The van der Waals surface area contributed by atoms with Crippen LogP contribution in [0.2, 0.25) is 5.02 Å². The molecular weight excluding hydrogens is 216 g/mol. The van der Waals surface area contributed by atoms with Gasteiger partial charge in [-0.1, -0.05) is 11.6 Å². The van der Waals surface area contributed by atoms with Gasteiger partial charge in [-0.2, -0.15) is 0 Å². The number of ether oxygens (including phenoxy) is 1. The van der Waals surface area contributed by atoms with Crippen LogP contribution in [0.1, 0.15) is 10.4 Å². The van der Waals surface area contributed by atoms with Crippen molar-refractivity contribution in [2.24, 2.45) is 7.05 Å². The molecule has 0 radical (unpaired) electrons. The number of aromatic nitrogens is 2. The van der Waals surface area contributed by atoms with Crippen molar-refractivity contribution in [1.29, 1.82) is 0 Å². The van der Waals surface area contributed by atoms with Crippen molar-refractivity contribution in [3.63, 3.8) is 0 Å². The van der Waals surface area contributed by atoms with Crippen LogP contribution >= 0.6 is 11.6 Å². The lowest BCUT2D eigenvalue weighted by Gasteiger charge is -1.97. The fourth-order valence-electron chi connectivity index (χ4n) is 1.53. The molecule has 0 bridgehead atoms. The lowest BCUT2D eigenvalue weighted by Crippen LogP contribution is -1.99. The summed E-state index contributed by atoms with van der Waals surface area (Å²) in [4.78, 5) is 15.6. The van der Waals surface area contributed by atoms with Crippen molar-refractivity contribution < 1.29 is 9.53 Å². The van der Waals surface area contributed by atoms with Crippen LogP contribution in [0.15, 0.2) is 18.5 Å². The van der Waals surface area contributed by atoms with Gasteiger partial charge in [0.15, 0.2) is 0 Å². The molecule has 78 valence electrons. The van der Waals surface area contributed by atoms with Crippen molar-refractivity contribution in [2.75, 3.05) is 7.11 Å². The van der Waals surface area contributed by atoms with Crippen molar-refractivity contribution in [3.8, 4) is 0 Å². The summed E-state index contributed by atoms with van der Waals surface area (Å²) in [7, 11) is 3.14. The second-order valence-electron chi connectivity index (χ2n) is 3.14. The first-order valence-electron chi connectivity index (χ1n) is 4.33. The van der Waals surface area contributed by atoms with Gasteiger partial charge in [-0.3, -0.25) is 0 Å². The molecule has 0 saturated heterocycles. The molecule has 0 atom stereocenters. The van der Waals surface area contributed by atoms with Gasteiger partial charge < -0.3 is 9.30 Å². The van der Waals surface area contributed by atoms with E-state index in [9.17, 15) is 4.79 Å². The van der Waals surface area contributed by atoms with Crippen LogP contribution in [0.3, 0.4) is 0 Å². The van der Waals surface area contributed by atoms with Crippen LogP contribution in [0, 0.1) is 0 Å². The molecule has 2 aromatic rings. The molecule has 0 aliphatic heterocycles. The van der Waals surface area contributed by atoms with Gasteiger partial charge in [0.05, 0.1) is 23.1 Å². The molecular formula is C10H9ClN2O2. The summed E-state index contributed by atoms with van der Waals surface area (Å²) in [5, 5.41) is 1.13. The van der Waals surface area contributed by atoms with E-state index in [2.05, 4.69) is 9.72 Å². The number of esters is 1. The molecule has 2 aromatic heterocycles. The highest BCUT2D eigenvalue weighted by Gasteiger charge is 2.17. The molecule has 2 rings (SSSR count). The molecule has 0 spiro atoms. The number of pyridine rings is 1. The Hall–Kier alpha value is -1.55. The highest BCUT2D eigenvalue weighted by atomic mass is 35.5. The Labute approximate surface area is 91.4 Å². The largest absolute Gasteiger partial charge is 0.465 e. The molecule has 2 heterocycles. The zero-order valence-electron chi connectivity index (χ0n) is 8.32. The number of halogens is 1. The van der Waals surface area contributed by atoms with E-state index < -0.39 is 5.97 Å². The topological polar surface area (TPSA) is 44.1 Å². The van der Waals surface area contributed by atoms with E-state index in [1.54, 1.807) is 30.1 Å². The number of rotatable bonds is 1. The summed E-state index contributed by atoms with van der Waals surface area (Å²) >= 11 is 6.02. The molecule has 4 nitrogen and oxygen atoms in total. The number of carbonyl (C=O) groups is 1. The summed E-state index contributed by atoms with van der Waals surface area (Å²) in [6.45, 7) is 0. The first-order chi connectivity index (χ1) is 7.15. The zero-order valence-corrected chi connectivity index (χ0v) is 9.08. The Kier molecular flexibility index (Phi) is 2.36. The van der Waals surface area contributed by atoms with Crippen LogP contribution in [0.5, 0.6) is 0 Å². The summed E-state index contributed by atoms with van der Waals surface area (Å²) in [6.07, 6.45) is 3.26. The van der Waals surface area contributed by atoms with Crippen LogP contribution in [0.25, 0.3) is 11.0 Å². The van der Waals surface area contributed by atoms with E-state index in [1.807, 2.05) is 0 Å². The maximum atomic E-state index is 11.5. The Bertz CT molecular complexity index is 533. The van der Waals surface area contributed by atoms with E-state index in [0.29, 0.717) is 21.6 Å². The van der Waals surface area contributed by atoms with E-state index in [1.165, 1.54) is 7.11 Å². The standard InChI is InChI=1S/C10H9ClN2O2/c1-13-5-6(10(14)15-2)8-7(11)3-4-12-9(8)13/h3-5H,1-2H3. The highest BCUT2D eigenvalue weighted by Crippen LogP contribution is 2.26. The predicted octanol–water partition coefficient (Wildman–Crippen LogP) is 2.01. The van der Waals surface area contributed by atoms with Gasteiger partial charge in [0.1, 0.15) is 5.65 Å². The Morgan fingerprint density at radius 2 is 2.33 bits per heavy atom. The quantitative estimate of drug-likeness (QED) is 0.696. The predicted molar refractivity (Wildman–Crippen MR) is 57.1 cm³/mol. The Balaban J connectivity index is 2.81. The number of carbonyl (C=O) groups excluding carboxylic acids is 1. The van der Waals surface area contributed by atoms with Gasteiger partial charge in [0.2, 0.25) is 0 Å². The minimum Gasteiger partial charge on any atom is -0.465 e. The number of nitrogens with zero attached hydrogens (tertiary/aromatic N) is 2. The molecule has 0 fully saturated rings. The van der Waals surface area contributed by atoms with E-state index in [-0.39, 0.29) is 0 Å². The van der Waals surface area contributed by atoms with Crippen molar-refractivity contribution in [2.45, 2.75) is 0 Å². The monoisotopic (exact) mass is 224 g/mol. The Morgan fingerprint density at radius 1 is 1.60 bits per heavy atom. The Morgan fingerprint density at radius 3 is 3.00 bits per heavy atom. The maximum Gasteiger partial charge on any atom is 0.340 e. The smallest absolute Gasteiger partial charge is 0.340 e. The second kappa shape index (κ2) is 3.55. The van der Waals surface area contributed by atoms with Crippen molar-refractivity contribution >= 4 is 28.6 Å². The second-order valence-corrected chi connectivity index (χ2v) is 3.54. The molecule has 0 aliphatic rings.